The SMILES string of the molecule is CC(C)N1C(=S)OCC12CCCC2. The lowest BCUT2D eigenvalue weighted by molar-refractivity contribution is 0.161. The molecule has 1 aliphatic carbocycles. The summed E-state index contributed by atoms with van der Waals surface area (Å²) in [4.78, 5) is 2.31. The summed E-state index contributed by atoms with van der Waals surface area (Å²) in [6.07, 6.45) is 5.17. The summed E-state index contributed by atoms with van der Waals surface area (Å²) >= 11 is 5.23. The van der Waals surface area contributed by atoms with E-state index >= 15 is 0 Å². The maximum absolute atomic E-state index is 5.52. The minimum atomic E-state index is 0.269. The van der Waals surface area contributed by atoms with E-state index in [1.54, 1.807) is 0 Å². The van der Waals surface area contributed by atoms with Crippen molar-refractivity contribution in [2.45, 2.75) is 51.1 Å². The summed E-state index contributed by atoms with van der Waals surface area (Å²) in [5, 5.41) is 0.719. The van der Waals surface area contributed by atoms with Crippen molar-refractivity contribution in [1.29, 1.82) is 0 Å². The molecule has 0 radical (unpaired) electrons. The van der Waals surface area contributed by atoms with E-state index < -0.39 is 0 Å². The van der Waals surface area contributed by atoms with Gasteiger partial charge >= 0.3 is 0 Å². The van der Waals surface area contributed by atoms with Crippen molar-refractivity contribution in [3.8, 4) is 0 Å². The molecule has 0 aromatic carbocycles. The summed E-state index contributed by atoms with van der Waals surface area (Å²) in [6, 6.07) is 0.480. The first kappa shape index (κ1) is 9.25. The normalized spacial score (nSPS) is 26.1. The summed E-state index contributed by atoms with van der Waals surface area (Å²) < 4.78 is 5.52. The van der Waals surface area contributed by atoms with Crippen molar-refractivity contribution in [1.82, 2.24) is 4.90 Å². The Labute approximate surface area is 85.2 Å². The molecule has 2 nitrogen and oxygen atoms in total. The van der Waals surface area contributed by atoms with Gasteiger partial charge in [-0.25, -0.2) is 0 Å². The van der Waals surface area contributed by atoms with Crippen LogP contribution in [0.2, 0.25) is 0 Å². The van der Waals surface area contributed by atoms with Gasteiger partial charge in [-0.1, -0.05) is 12.8 Å². The van der Waals surface area contributed by atoms with Gasteiger partial charge in [0.2, 0.25) is 0 Å². The molecule has 2 rings (SSSR count). The Hall–Kier alpha value is -0.310. The third-order valence-corrected chi connectivity index (χ3v) is 3.54. The molecule has 13 heavy (non-hydrogen) atoms. The van der Waals surface area contributed by atoms with E-state index in [0.29, 0.717) is 6.04 Å². The van der Waals surface area contributed by atoms with Crippen molar-refractivity contribution < 1.29 is 4.74 Å². The molecule has 0 amide bonds. The third kappa shape index (κ3) is 1.33. The lowest BCUT2D eigenvalue weighted by Gasteiger charge is -2.35. The van der Waals surface area contributed by atoms with Gasteiger partial charge in [-0.15, -0.1) is 0 Å². The molecule has 1 heterocycles. The molecule has 2 fully saturated rings. The van der Waals surface area contributed by atoms with E-state index in [0.717, 1.165) is 11.8 Å². The highest BCUT2D eigenvalue weighted by Crippen LogP contribution is 2.40. The molecule has 0 unspecified atom stereocenters. The first-order valence-corrected chi connectivity index (χ1v) is 5.53. The first-order valence-electron chi connectivity index (χ1n) is 5.12. The van der Waals surface area contributed by atoms with Gasteiger partial charge in [0.05, 0.1) is 5.54 Å². The van der Waals surface area contributed by atoms with Crippen molar-refractivity contribution in [2.75, 3.05) is 6.61 Å². The fraction of sp³-hybridized carbons (Fsp3) is 0.900. The van der Waals surface area contributed by atoms with Crippen LogP contribution in [0.1, 0.15) is 39.5 Å². The van der Waals surface area contributed by atoms with Gasteiger partial charge in [0.25, 0.3) is 5.17 Å². The van der Waals surface area contributed by atoms with E-state index in [-0.39, 0.29) is 5.54 Å². The topological polar surface area (TPSA) is 12.5 Å². The van der Waals surface area contributed by atoms with Crippen LogP contribution in [0.15, 0.2) is 0 Å². The molecule has 0 atom stereocenters. The molecule has 0 bridgehead atoms. The number of ether oxygens (including phenoxy) is 1. The molecule has 1 saturated carbocycles. The summed E-state index contributed by atoms with van der Waals surface area (Å²) in [7, 11) is 0. The molecule has 1 aliphatic heterocycles. The van der Waals surface area contributed by atoms with Crippen molar-refractivity contribution in [3.63, 3.8) is 0 Å². The molecule has 74 valence electrons. The van der Waals surface area contributed by atoms with E-state index in [1.165, 1.54) is 25.7 Å². The van der Waals surface area contributed by atoms with E-state index in [1.807, 2.05) is 0 Å². The number of rotatable bonds is 1. The number of hydrogen-bond donors (Lipinski definition) is 0. The minimum absolute atomic E-state index is 0.269. The first-order chi connectivity index (χ1) is 6.16. The van der Waals surface area contributed by atoms with E-state index in [4.69, 9.17) is 17.0 Å². The standard InChI is InChI=1S/C10H17NOS/c1-8(2)11-9(13)12-7-10(11)5-3-4-6-10/h8H,3-7H2,1-2H3. The maximum Gasteiger partial charge on any atom is 0.260 e. The smallest absolute Gasteiger partial charge is 0.260 e. The van der Waals surface area contributed by atoms with Crippen LogP contribution in [0.5, 0.6) is 0 Å². The Morgan fingerprint density at radius 3 is 2.54 bits per heavy atom. The van der Waals surface area contributed by atoms with Gasteiger partial charge < -0.3 is 9.64 Å². The van der Waals surface area contributed by atoms with Crippen LogP contribution in [-0.2, 0) is 4.74 Å². The second-order valence-electron chi connectivity index (χ2n) is 4.45. The van der Waals surface area contributed by atoms with Crippen LogP contribution in [0.3, 0.4) is 0 Å². The van der Waals surface area contributed by atoms with Crippen molar-refractivity contribution in [2.24, 2.45) is 0 Å². The summed E-state index contributed by atoms with van der Waals surface area (Å²) in [5.41, 5.74) is 0.269. The predicted octanol–water partition coefficient (Wildman–Crippen LogP) is 2.32. The Morgan fingerprint density at radius 1 is 1.38 bits per heavy atom. The van der Waals surface area contributed by atoms with Gasteiger partial charge in [0.1, 0.15) is 6.61 Å². The highest BCUT2D eigenvalue weighted by atomic mass is 32.1. The van der Waals surface area contributed by atoms with Crippen molar-refractivity contribution >= 4 is 17.4 Å². The second kappa shape index (κ2) is 3.12. The minimum Gasteiger partial charge on any atom is -0.468 e. The number of nitrogens with zero attached hydrogens (tertiary/aromatic N) is 1. The molecule has 2 aliphatic rings. The quantitative estimate of drug-likeness (QED) is 0.601. The second-order valence-corrected chi connectivity index (χ2v) is 4.80. The average Bonchev–Trinajstić information content (AvgIpc) is 2.61. The zero-order valence-electron chi connectivity index (χ0n) is 8.38. The Morgan fingerprint density at radius 2 is 2.00 bits per heavy atom. The number of thiocarbonyl (C=S) groups is 1. The monoisotopic (exact) mass is 199 g/mol. The highest BCUT2D eigenvalue weighted by molar-refractivity contribution is 7.80. The average molecular weight is 199 g/mol. The molecule has 0 aromatic heterocycles. The summed E-state index contributed by atoms with van der Waals surface area (Å²) in [6.45, 7) is 5.21. The molecule has 1 spiro atoms. The van der Waals surface area contributed by atoms with Crippen LogP contribution in [0, 0.1) is 0 Å². The Balaban J connectivity index is 2.23. The van der Waals surface area contributed by atoms with Crippen LogP contribution in [0.4, 0.5) is 0 Å². The molecule has 0 aromatic rings. The predicted molar refractivity (Wildman–Crippen MR) is 56.7 cm³/mol. The Kier molecular flexibility index (Phi) is 2.22. The van der Waals surface area contributed by atoms with Crippen LogP contribution in [0.25, 0.3) is 0 Å². The van der Waals surface area contributed by atoms with Crippen LogP contribution >= 0.6 is 12.2 Å². The van der Waals surface area contributed by atoms with Gasteiger partial charge in [-0.05, 0) is 38.9 Å². The van der Waals surface area contributed by atoms with Gasteiger partial charge in [0, 0.05) is 6.04 Å². The van der Waals surface area contributed by atoms with Crippen molar-refractivity contribution in [3.05, 3.63) is 0 Å². The highest BCUT2D eigenvalue weighted by Gasteiger charge is 2.47. The van der Waals surface area contributed by atoms with E-state index in [2.05, 4.69) is 18.7 Å². The van der Waals surface area contributed by atoms with Gasteiger partial charge in [0.15, 0.2) is 0 Å². The zero-order chi connectivity index (χ0) is 9.47. The maximum atomic E-state index is 5.52. The lowest BCUT2D eigenvalue weighted by Crippen LogP contribution is -2.48. The number of hydrogen-bond acceptors (Lipinski definition) is 2. The fourth-order valence-electron chi connectivity index (χ4n) is 2.71. The molecule has 0 N–H and O–H groups in total. The molecule has 1 saturated heterocycles. The Bertz CT molecular complexity index is 221. The molecular weight excluding hydrogens is 182 g/mol. The van der Waals surface area contributed by atoms with Gasteiger partial charge in [-0.2, -0.15) is 0 Å². The summed E-state index contributed by atoms with van der Waals surface area (Å²) in [5.74, 6) is 0. The van der Waals surface area contributed by atoms with E-state index in [9.17, 15) is 0 Å². The fourth-order valence-corrected chi connectivity index (χ4v) is 3.17. The third-order valence-electron chi connectivity index (χ3n) is 3.22. The van der Waals surface area contributed by atoms with Crippen LogP contribution in [-0.4, -0.2) is 28.3 Å². The zero-order valence-corrected chi connectivity index (χ0v) is 9.19. The largest absolute Gasteiger partial charge is 0.468 e. The molecular formula is C10H17NOS. The lowest BCUT2D eigenvalue weighted by atomic mass is 9.96. The van der Waals surface area contributed by atoms with Gasteiger partial charge in [-0.3, -0.25) is 0 Å². The molecule has 3 heteroatoms. The van der Waals surface area contributed by atoms with Crippen LogP contribution < -0.4 is 0 Å².